The Labute approximate surface area is 117 Å². The SMILES string of the molecule is O=C(OCc1ccccc1)c1cc(I)c[nH]c1=O. The molecular weight excluding hydrogens is 345 g/mol. The van der Waals surface area contributed by atoms with Gasteiger partial charge in [0.2, 0.25) is 0 Å². The number of aromatic amines is 1. The van der Waals surface area contributed by atoms with Gasteiger partial charge in [0.05, 0.1) is 0 Å². The van der Waals surface area contributed by atoms with Crippen LogP contribution in [0.1, 0.15) is 15.9 Å². The van der Waals surface area contributed by atoms with Crippen molar-refractivity contribution in [2.75, 3.05) is 0 Å². The lowest BCUT2D eigenvalue weighted by Gasteiger charge is -2.04. The number of benzene rings is 1. The number of nitrogens with one attached hydrogen (secondary N) is 1. The van der Waals surface area contributed by atoms with Gasteiger partial charge in [-0.25, -0.2) is 4.79 Å². The van der Waals surface area contributed by atoms with Crippen LogP contribution in [-0.2, 0) is 11.3 Å². The molecule has 4 nitrogen and oxygen atoms in total. The number of ether oxygens (including phenoxy) is 1. The van der Waals surface area contributed by atoms with Gasteiger partial charge in [-0.1, -0.05) is 30.3 Å². The molecule has 1 N–H and O–H groups in total. The van der Waals surface area contributed by atoms with Crippen LogP contribution in [0.25, 0.3) is 0 Å². The van der Waals surface area contributed by atoms with E-state index in [0.717, 1.165) is 9.13 Å². The molecule has 92 valence electrons. The third kappa shape index (κ3) is 3.19. The van der Waals surface area contributed by atoms with Crippen LogP contribution >= 0.6 is 22.6 Å². The van der Waals surface area contributed by atoms with E-state index < -0.39 is 11.5 Å². The molecule has 0 unspecified atom stereocenters. The van der Waals surface area contributed by atoms with Crippen LogP contribution < -0.4 is 5.56 Å². The van der Waals surface area contributed by atoms with Crippen LogP contribution in [0, 0.1) is 3.57 Å². The first-order valence-electron chi connectivity index (χ1n) is 5.26. The Balaban J connectivity index is 2.09. The maximum atomic E-state index is 11.7. The highest BCUT2D eigenvalue weighted by Crippen LogP contribution is 2.06. The fraction of sp³-hybridized carbons (Fsp3) is 0.0769. The van der Waals surface area contributed by atoms with Gasteiger partial charge in [0, 0.05) is 9.77 Å². The van der Waals surface area contributed by atoms with Gasteiger partial charge in [0.15, 0.2) is 0 Å². The normalized spacial score (nSPS) is 10.1. The molecule has 1 heterocycles. The van der Waals surface area contributed by atoms with E-state index >= 15 is 0 Å². The smallest absolute Gasteiger partial charge is 0.344 e. The molecular formula is C13H10INO3. The van der Waals surface area contributed by atoms with Crippen LogP contribution in [0.3, 0.4) is 0 Å². The van der Waals surface area contributed by atoms with Crippen molar-refractivity contribution in [3.8, 4) is 0 Å². The summed E-state index contributed by atoms with van der Waals surface area (Å²) < 4.78 is 5.86. The minimum absolute atomic E-state index is 0.0258. The molecule has 0 aliphatic heterocycles. The first-order chi connectivity index (χ1) is 8.66. The van der Waals surface area contributed by atoms with E-state index in [1.807, 2.05) is 52.9 Å². The van der Waals surface area contributed by atoms with Crippen molar-refractivity contribution in [3.63, 3.8) is 0 Å². The van der Waals surface area contributed by atoms with Gasteiger partial charge in [-0.2, -0.15) is 0 Å². The summed E-state index contributed by atoms with van der Waals surface area (Å²) in [5.41, 5.74) is 0.471. The fourth-order valence-corrected chi connectivity index (χ4v) is 1.88. The summed E-state index contributed by atoms with van der Waals surface area (Å²) in [6, 6.07) is 10.8. The van der Waals surface area contributed by atoms with Crippen molar-refractivity contribution in [2.45, 2.75) is 6.61 Å². The third-order valence-corrected chi connectivity index (χ3v) is 2.92. The predicted molar refractivity (Wildman–Crippen MR) is 75.3 cm³/mol. The van der Waals surface area contributed by atoms with Crippen LogP contribution in [0.5, 0.6) is 0 Å². The highest BCUT2D eigenvalue weighted by molar-refractivity contribution is 14.1. The van der Waals surface area contributed by atoms with Gasteiger partial charge in [-0.3, -0.25) is 4.79 Å². The van der Waals surface area contributed by atoms with Crippen LogP contribution in [0.2, 0.25) is 0 Å². The largest absolute Gasteiger partial charge is 0.457 e. The molecule has 0 amide bonds. The summed E-state index contributed by atoms with van der Waals surface area (Å²) in [5, 5.41) is 0. The number of pyridine rings is 1. The number of esters is 1. The lowest BCUT2D eigenvalue weighted by atomic mass is 10.2. The average Bonchev–Trinajstić information content (AvgIpc) is 2.40. The Morgan fingerprint density at radius 3 is 2.72 bits per heavy atom. The van der Waals surface area contributed by atoms with E-state index in [4.69, 9.17) is 4.74 Å². The number of rotatable bonds is 3. The van der Waals surface area contributed by atoms with Gasteiger partial charge < -0.3 is 9.72 Å². The summed E-state index contributed by atoms with van der Waals surface area (Å²) in [6.07, 6.45) is 1.54. The molecule has 0 aliphatic carbocycles. The molecule has 0 radical (unpaired) electrons. The van der Waals surface area contributed by atoms with Gasteiger partial charge in [0.25, 0.3) is 5.56 Å². The zero-order valence-corrected chi connectivity index (χ0v) is 11.5. The first-order valence-corrected chi connectivity index (χ1v) is 6.34. The van der Waals surface area contributed by atoms with E-state index in [-0.39, 0.29) is 12.2 Å². The molecule has 18 heavy (non-hydrogen) atoms. The Morgan fingerprint density at radius 1 is 1.28 bits per heavy atom. The zero-order chi connectivity index (χ0) is 13.0. The Morgan fingerprint density at radius 2 is 2.00 bits per heavy atom. The summed E-state index contributed by atoms with van der Waals surface area (Å²) in [4.78, 5) is 25.7. The van der Waals surface area contributed by atoms with E-state index in [1.165, 1.54) is 12.3 Å². The second kappa shape index (κ2) is 5.81. The minimum Gasteiger partial charge on any atom is -0.457 e. The third-order valence-electron chi connectivity index (χ3n) is 2.30. The molecule has 5 heteroatoms. The number of H-pyrrole nitrogens is 1. The average molecular weight is 355 g/mol. The standard InChI is InChI=1S/C13H10INO3/c14-10-6-11(12(16)15-7-10)13(17)18-8-9-4-2-1-3-5-9/h1-7H,8H2,(H,15,16). The summed E-state index contributed by atoms with van der Waals surface area (Å²) in [7, 11) is 0. The highest BCUT2D eigenvalue weighted by Gasteiger charge is 2.12. The Bertz CT molecular complexity index is 607. The molecule has 0 aliphatic rings. The Kier molecular flexibility index (Phi) is 4.14. The Hall–Kier alpha value is -1.63. The molecule has 0 bridgehead atoms. The van der Waals surface area contributed by atoms with Crippen molar-refractivity contribution in [1.82, 2.24) is 4.98 Å². The van der Waals surface area contributed by atoms with Crippen LogP contribution in [0.4, 0.5) is 0 Å². The van der Waals surface area contributed by atoms with E-state index in [1.54, 1.807) is 0 Å². The van der Waals surface area contributed by atoms with Crippen LogP contribution in [0.15, 0.2) is 47.4 Å². The van der Waals surface area contributed by atoms with Gasteiger partial charge in [0.1, 0.15) is 12.2 Å². The second-order valence-electron chi connectivity index (χ2n) is 3.62. The van der Waals surface area contributed by atoms with Gasteiger partial charge >= 0.3 is 5.97 Å². The number of hydrogen-bond donors (Lipinski definition) is 1. The van der Waals surface area contributed by atoms with Crippen molar-refractivity contribution < 1.29 is 9.53 Å². The molecule has 1 aromatic heterocycles. The van der Waals surface area contributed by atoms with Crippen molar-refractivity contribution in [1.29, 1.82) is 0 Å². The summed E-state index contributed by atoms with van der Waals surface area (Å²) in [6.45, 7) is 0.157. The van der Waals surface area contributed by atoms with Gasteiger partial charge in [-0.15, -0.1) is 0 Å². The molecule has 1 aromatic carbocycles. The second-order valence-corrected chi connectivity index (χ2v) is 4.87. The fourth-order valence-electron chi connectivity index (χ4n) is 1.41. The number of hydrogen-bond acceptors (Lipinski definition) is 3. The lowest BCUT2D eigenvalue weighted by molar-refractivity contribution is 0.0470. The molecule has 0 saturated carbocycles. The zero-order valence-electron chi connectivity index (χ0n) is 9.35. The highest BCUT2D eigenvalue weighted by atomic mass is 127. The number of carbonyl (C=O) groups is 1. The number of aromatic nitrogens is 1. The predicted octanol–water partition coefficient (Wildman–Crippen LogP) is 2.34. The van der Waals surface area contributed by atoms with E-state index in [9.17, 15) is 9.59 Å². The first kappa shape index (κ1) is 12.8. The van der Waals surface area contributed by atoms with E-state index in [2.05, 4.69) is 4.98 Å². The summed E-state index contributed by atoms with van der Waals surface area (Å²) >= 11 is 2.02. The molecule has 2 rings (SSSR count). The molecule has 0 saturated heterocycles. The van der Waals surface area contributed by atoms with Crippen molar-refractivity contribution in [3.05, 3.63) is 67.6 Å². The molecule has 2 aromatic rings. The number of carbonyl (C=O) groups excluding carboxylic acids is 1. The maximum absolute atomic E-state index is 11.7. The summed E-state index contributed by atoms with van der Waals surface area (Å²) in [5.74, 6) is -0.612. The van der Waals surface area contributed by atoms with Gasteiger partial charge in [-0.05, 0) is 34.2 Å². The lowest BCUT2D eigenvalue weighted by Crippen LogP contribution is -2.19. The quantitative estimate of drug-likeness (QED) is 0.679. The topological polar surface area (TPSA) is 59.2 Å². The molecule has 0 fully saturated rings. The minimum atomic E-state index is -0.612. The maximum Gasteiger partial charge on any atom is 0.344 e. The van der Waals surface area contributed by atoms with Crippen molar-refractivity contribution >= 4 is 28.6 Å². The molecule has 0 atom stereocenters. The molecule has 0 spiro atoms. The van der Waals surface area contributed by atoms with Crippen molar-refractivity contribution in [2.24, 2.45) is 0 Å². The number of halogens is 1. The van der Waals surface area contributed by atoms with E-state index in [0.29, 0.717) is 0 Å². The van der Waals surface area contributed by atoms with Crippen LogP contribution in [-0.4, -0.2) is 11.0 Å². The monoisotopic (exact) mass is 355 g/mol.